The van der Waals surface area contributed by atoms with Gasteiger partial charge in [0.25, 0.3) is 11.5 Å². The molecule has 180 valence electrons. The fourth-order valence-corrected chi connectivity index (χ4v) is 5.99. The standard InChI is InChI=1S/C26H25ClN4O2S2/c1-16-8-7-13-30-23(16)29-22(28-18-10-3-2-4-11-18)19(24(30)32)14-21-25(33)31(26(34)35-21)15-17-9-5-6-12-20(17)27/h5-9,12-14,18,28H,2-4,10-11,15H2,1H3. The third-order valence-corrected chi connectivity index (χ3v) is 8.21. The lowest BCUT2D eigenvalue weighted by Gasteiger charge is -2.24. The number of aryl methyl sites for hydroxylation is 1. The number of fused-ring (bicyclic) bond motifs is 1. The minimum Gasteiger partial charge on any atom is -0.367 e. The fourth-order valence-electron chi connectivity index (χ4n) is 4.56. The molecule has 0 unspecified atom stereocenters. The van der Waals surface area contributed by atoms with Gasteiger partial charge in [-0.1, -0.05) is 79.1 Å². The Morgan fingerprint density at radius 3 is 2.71 bits per heavy atom. The van der Waals surface area contributed by atoms with Crippen LogP contribution >= 0.6 is 35.6 Å². The molecule has 0 radical (unpaired) electrons. The second-order valence-electron chi connectivity index (χ2n) is 8.90. The van der Waals surface area contributed by atoms with Crippen LogP contribution in [0.5, 0.6) is 0 Å². The number of anilines is 1. The molecule has 0 spiro atoms. The van der Waals surface area contributed by atoms with Crippen molar-refractivity contribution in [3.8, 4) is 0 Å². The molecule has 3 aromatic rings. The smallest absolute Gasteiger partial charge is 0.267 e. The monoisotopic (exact) mass is 524 g/mol. The van der Waals surface area contributed by atoms with Crippen molar-refractivity contribution in [3.05, 3.63) is 79.6 Å². The number of aromatic nitrogens is 2. The minimum atomic E-state index is -0.239. The Kier molecular flexibility index (Phi) is 6.95. The van der Waals surface area contributed by atoms with Gasteiger partial charge in [-0.15, -0.1) is 0 Å². The van der Waals surface area contributed by atoms with Gasteiger partial charge >= 0.3 is 0 Å². The van der Waals surface area contributed by atoms with Crippen LogP contribution in [0, 0.1) is 6.92 Å². The molecular formula is C26H25ClN4O2S2. The van der Waals surface area contributed by atoms with Gasteiger partial charge in [0.15, 0.2) is 0 Å². The van der Waals surface area contributed by atoms with Gasteiger partial charge in [0.2, 0.25) is 0 Å². The highest BCUT2D eigenvalue weighted by Crippen LogP contribution is 2.35. The van der Waals surface area contributed by atoms with Gasteiger partial charge in [-0.2, -0.15) is 0 Å². The third-order valence-electron chi connectivity index (χ3n) is 6.47. The lowest BCUT2D eigenvalue weighted by molar-refractivity contribution is -0.122. The second-order valence-corrected chi connectivity index (χ2v) is 11.0. The van der Waals surface area contributed by atoms with Gasteiger partial charge < -0.3 is 5.32 Å². The van der Waals surface area contributed by atoms with Gasteiger partial charge in [-0.05, 0) is 49.1 Å². The van der Waals surface area contributed by atoms with Crippen LogP contribution in [0.1, 0.15) is 48.8 Å². The van der Waals surface area contributed by atoms with Crippen molar-refractivity contribution in [3.63, 3.8) is 0 Å². The summed E-state index contributed by atoms with van der Waals surface area (Å²) in [5.74, 6) is 0.282. The summed E-state index contributed by atoms with van der Waals surface area (Å²) < 4.78 is 1.98. The minimum absolute atomic E-state index is 0.214. The van der Waals surface area contributed by atoms with E-state index in [9.17, 15) is 9.59 Å². The Hall–Kier alpha value is -2.68. The summed E-state index contributed by atoms with van der Waals surface area (Å²) in [6, 6.07) is 11.4. The van der Waals surface area contributed by atoms with Crippen LogP contribution in [0.4, 0.5) is 5.82 Å². The normalized spacial score (nSPS) is 18.1. The maximum atomic E-state index is 13.6. The van der Waals surface area contributed by atoms with Crippen molar-refractivity contribution in [2.75, 3.05) is 5.32 Å². The van der Waals surface area contributed by atoms with Crippen molar-refractivity contribution in [2.24, 2.45) is 0 Å². The zero-order valence-electron chi connectivity index (χ0n) is 19.3. The van der Waals surface area contributed by atoms with Crippen molar-refractivity contribution in [1.82, 2.24) is 14.3 Å². The number of thioether (sulfide) groups is 1. The molecule has 2 aromatic heterocycles. The molecule has 1 saturated heterocycles. The van der Waals surface area contributed by atoms with Crippen LogP contribution in [0.3, 0.4) is 0 Å². The van der Waals surface area contributed by atoms with Gasteiger partial charge in [0.1, 0.15) is 15.8 Å². The van der Waals surface area contributed by atoms with E-state index in [0.29, 0.717) is 31.3 Å². The molecule has 1 N–H and O–H groups in total. The van der Waals surface area contributed by atoms with Crippen molar-refractivity contribution >= 4 is 63.3 Å². The fraction of sp³-hybridized carbons (Fsp3) is 0.308. The van der Waals surface area contributed by atoms with Gasteiger partial charge in [0.05, 0.1) is 17.0 Å². The van der Waals surface area contributed by atoms with E-state index in [0.717, 1.165) is 36.8 Å². The topological polar surface area (TPSA) is 66.7 Å². The molecule has 1 aliphatic carbocycles. The number of carbonyl (C=O) groups excluding carboxylic acids is 1. The van der Waals surface area contributed by atoms with Crippen LogP contribution in [0.2, 0.25) is 5.02 Å². The van der Waals surface area contributed by atoms with E-state index < -0.39 is 0 Å². The number of nitrogens with one attached hydrogen (secondary N) is 1. The molecule has 6 nitrogen and oxygen atoms in total. The summed E-state index contributed by atoms with van der Waals surface area (Å²) in [5.41, 5.74) is 2.49. The van der Waals surface area contributed by atoms with E-state index in [1.54, 1.807) is 18.3 Å². The molecule has 1 aliphatic heterocycles. The average Bonchev–Trinajstić information content (AvgIpc) is 3.11. The number of thiocarbonyl (C=S) groups is 1. The van der Waals surface area contributed by atoms with Crippen LogP contribution < -0.4 is 10.9 Å². The first-order chi connectivity index (χ1) is 16.9. The van der Waals surface area contributed by atoms with E-state index in [1.165, 1.54) is 27.5 Å². The molecule has 3 heterocycles. The number of benzene rings is 1. The van der Waals surface area contributed by atoms with E-state index >= 15 is 0 Å². The predicted molar refractivity (Wildman–Crippen MR) is 147 cm³/mol. The molecule has 2 aliphatic rings. The number of hydrogen-bond donors (Lipinski definition) is 1. The molecule has 0 atom stereocenters. The highest BCUT2D eigenvalue weighted by atomic mass is 35.5. The highest BCUT2D eigenvalue weighted by molar-refractivity contribution is 8.26. The van der Waals surface area contributed by atoms with E-state index in [4.69, 9.17) is 28.8 Å². The first-order valence-electron chi connectivity index (χ1n) is 11.7. The van der Waals surface area contributed by atoms with E-state index in [1.807, 2.05) is 37.3 Å². The molecular weight excluding hydrogens is 500 g/mol. The zero-order chi connectivity index (χ0) is 24.5. The summed E-state index contributed by atoms with van der Waals surface area (Å²) in [4.78, 5) is 33.7. The van der Waals surface area contributed by atoms with Gasteiger partial charge in [-0.25, -0.2) is 4.98 Å². The van der Waals surface area contributed by atoms with Gasteiger partial charge in [0, 0.05) is 17.3 Å². The maximum Gasteiger partial charge on any atom is 0.267 e. The summed E-state index contributed by atoms with van der Waals surface area (Å²) in [6.07, 6.45) is 8.95. The Balaban J connectivity index is 1.54. The molecule has 1 aromatic carbocycles. The summed E-state index contributed by atoms with van der Waals surface area (Å²) in [5, 5.41) is 4.10. The van der Waals surface area contributed by atoms with Crippen molar-refractivity contribution in [2.45, 2.75) is 51.6 Å². The third kappa shape index (κ3) is 4.87. The van der Waals surface area contributed by atoms with Crippen molar-refractivity contribution < 1.29 is 4.79 Å². The number of halogens is 1. The second kappa shape index (κ2) is 10.1. The molecule has 35 heavy (non-hydrogen) atoms. The number of pyridine rings is 1. The number of rotatable bonds is 5. The highest BCUT2D eigenvalue weighted by Gasteiger charge is 2.33. The van der Waals surface area contributed by atoms with E-state index in [-0.39, 0.29) is 24.1 Å². The maximum absolute atomic E-state index is 13.6. The first kappa shape index (κ1) is 24.0. The number of hydrogen-bond acceptors (Lipinski definition) is 6. The van der Waals surface area contributed by atoms with E-state index in [2.05, 4.69) is 5.32 Å². The summed E-state index contributed by atoms with van der Waals surface area (Å²) in [7, 11) is 0. The molecule has 1 amide bonds. The Morgan fingerprint density at radius 1 is 1.17 bits per heavy atom. The number of amides is 1. The lowest BCUT2D eigenvalue weighted by atomic mass is 9.95. The first-order valence-corrected chi connectivity index (χ1v) is 13.3. The van der Waals surface area contributed by atoms with Gasteiger partial charge in [-0.3, -0.25) is 18.9 Å². The Morgan fingerprint density at radius 2 is 1.94 bits per heavy atom. The predicted octanol–water partition coefficient (Wildman–Crippen LogP) is 5.80. The summed E-state index contributed by atoms with van der Waals surface area (Å²) in [6.45, 7) is 2.22. The molecule has 0 bridgehead atoms. The summed E-state index contributed by atoms with van der Waals surface area (Å²) >= 11 is 13.0. The zero-order valence-corrected chi connectivity index (χ0v) is 21.7. The largest absolute Gasteiger partial charge is 0.367 e. The lowest BCUT2D eigenvalue weighted by Crippen LogP contribution is -2.28. The molecule has 1 saturated carbocycles. The quantitative estimate of drug-likeness (QED) is 0.336. The van der Waals surface area contributed by atoms with Crippen molar-refractivity contribution in [1.29, 1.82) is 0 Å². The SMILES string of the molecule is Cc1cccn2c(=O)c(C=C3SC(=S)N(Cc4ccccc4Cl)C3=O)c(NC3CCCCC3)nc12. The Labute approximate surface area is 218 Å². The van der Waals surface area contributed by atoms with Crippen LogP contribution in [-0.2, 0) is 11.3 Å². The average molecular weight is 525 g/mol. The Bertz CT molecular complexity index is 1410. The van der Waals surface area contributed by atoms with Crippen LogP contribution in [0.15, 0.2) is 52.3 Å². The number of nitrogens with zero attached hydrogens (tertiary/aromatic N) is 3. The van der Waals surface area contributed by atoms with Crippen LogP contribution in [-0.4, -0.2) is 30.6 Å². The molecule has 9 heteroatoms. The molecule has 2 fully saturated rings. The van der Waals surface area contributed by atoms with Crippen LogP contribution in [0.25, 0.3) is 11.7 Å². The molecule has 5 rings (SSSR count). The number of carbonyl (C=O) groups is 1.